The van der Waals surface area contributed by atoms with Gasteiger partial charge in [0.25, 0.3) is 0 Å². The summed E-state index contributed by atoms with van der Waals surface area (Å²) < 4.78 is 23.2. The van der Waals surface area contributed by atoms with Crippen molar-refractivity contribution in [2.24, 2.45) is 0 Å². The average Bonchev–Trinajstić information content (AvgIpc) is 3.16. The number of aromatic nitrogens is 1. The van der Waals surface area contributed by atoms with Gasteiger partial charge in [0.1, 0.15) is 16.9 Å². The highest BCUT2D eigenvalue weighted by Crippen LogP contribution is 2.42. The predicted octanol–water partition coefficient (Wildman–Crippen LogP) is 3.51. The lowest BCUT2D eigenvalue weighted by atomic mass is 9.85. The molecule has 2 heterocycles. The Labute approximate surface area is 179 Å². The summed E-state index contributed by atoms with van der Waals surface area (Å²) in [5.41, 5.74) is 1.67. The third-order valence-electron chi connectivity index (χ3n) is 5.11. The van der Waals surface area contributed by atoms with Crippen molar-refractivity contribution in [3.63, 3.8) is 0 Å². The van der Waals surface area contributed by atoms with E-state index in [1.165, 1.54) is 0 Å². The fourth-order valence-electron chi connectivity index (χ4n) is 3.70. The Kier molecular flexibility index (Phi) is 5.53. The zero-order valence-electron chi connectivity index (χ0n) is 17.5. The van der Waals surface area contributed by atoms with Gasteiger partial charge in [-0.3, -0.25) is 10.1 Å². The van der Waals surface area contributed by atoms with Crippen molar-refractivity contribution in [3.05, 3.63) is 53.6 Å². The van der Waals surface area contributed by atoms with Gasteiger partial charge in [-0.15, -0.1) is 0 Å². The molecule has 0 radical (unpaired) electrons. The number of carbonyl (C=O) groups is 1. The molecule has 3 aromatic rings. The largest absolute Gasteiger partial charge is 0.484 e. The Bertz CT molecular complexity index is 1110. The van der Waals surface area contributed by atoms with E-state index >= 15 is 0 Å². The molecule has 0 saturated carbocycles. The van der Waals surface area contributed by atoms with E-state index in [9.17, 15) is 10.1 Å². The third-order valence-corrected chi connectivity index (χ3v) is 5.11. The second-order valence-corrected chi connectivity index (χ2v) is 7.72. The molecule has 4 rings (SSSR count). The van der Waals surface area contributed by atoms with Crippen LogP contribution < -0.4 is 14.8 Å². The summed E-state index contributed by atoms with van der Waals surface area (Å²) in [5.74, 6) is 0.230. The van der Waals surface area contributed by atoms with E-state index in [2.05, 4.69) is 16.4 Å². The van der Waals surface area contributed by atoms with Crippen LogP contribution in [-0.4, -0.2) is 35.8 Å². The lowest BCUT2D eigenvalue weighted by Gasteiger charge is -2.43. The van der Waals surface area contributed by atoms with E-state index in [4.69, 9.17) is 18.6 Å². The summed E-state index contributed by atoms with van der Waals surface area (Å²) in [4.78, 5) is 16.4. The van der Waals surface area contributed by atoms with Crippen LogP contribution in [0.2, 0.25) is 0 Å². The van der Waals surface area contributed by atoms with Gasteiger partial charge in [0.15, 0.2) is 11.7 Å². The number of carbonyl (C=O) groups excluding carboxylic acids is 1. The quantitative estimate of drug-likeness (QED) is 0.603. The first-order valence-corrected chi connectivity index (χ1v) is 10.1. The number of nitrogens with one attached hydrogen (secondary N) is 1. The van der Waals surface area contributed by atoms with Gasteiger partial charge in [-0.05, 0) is 51.1 Å². The number of nitrogens with zero attached hydrogens (tertiary/aromatic N) is 2. The molecule has 2 aromatic carbocycles. The minimum atomic E-state index is -0.797. The van der Waals surface area contributed by atoms with E-state index in [0.717, 1.165) is 0 Å². The molecule has 160 valence electrons. The number of nitriles is 1. The summed E-state index contributed by atoms with van der Waals surface area (Å²) in [7, 11) is 0. The molecule has 0 spiro atoms. The molecule has 0 bridgehead atoms. The Morgan fingerprint density at radius 3 is 2.84 bits per heavy atom. The van der Waals surface area contributed by atoms with E-state index in [1.807, 2.05) is 38.1 Å². The number of benzene rings is 2. The Balaban J connectivity index is 1.71. The van der Waals surface area contributed by atoms with Gasteiger partial charge in [0.05, 0.1) is 30.8 Å². The van der Waals surface area contributed by atoms with Crippen LogP contribution in [0, 0.1) is 11.3 Å². The van der Waals surface area contributed by atoms with Crippen molar-refractivity contribution in [1.82, 2.24) is 10.3 Å². The SMILES string of the molecule is CCOC(=O)CN[C@H]1c2cc(C#N)ccc2OC(C)(C)[C@@H]1Oc1nc2ccccc2o1. The number of para-hydroxylation sites is 2. The topological polar surface area (TPSA) is 107 Å². The number of oxazole rings is 1. The smallest absolute Gasteiger partial charge is 0.395 e. The molecule has 8 heteroatoms. The minimum absolute atomic E-state index is 0.0295. The normalized spacial score (nSPS) is 19.2. The third kappa shape index (κ3) is 4.18. The summed E-state index contributed by atoms with van der Waals surface area (Å²) in [6, 6.07) is 14.2. The first kappa shape index (κ1) is 20.7. The molecule has 1 aliphatic rings. The van der Waals surface area contributed by atoms with E-state index in [-0.39, 0.29) is 25.2 Å². The van der Waals surface area contributed by atoms with Gasteiger partial charge in [-0.2, -0.15) is 10.2 Å². The molecule has 2 atom stereocenters. The highest BCUT2D eigenvalue weighted by atomic mass is 16.6. The zero-order valence-corrected chi connectivity index (χ0v) is 17.5. The molecular formula is C23H23N3O5. The molecule has 0 unspecified atom stereocenters. The molecule has 1 N–H and O–H groups in total. The molecule has 8 nitrogen and oxygen atoms in total. The second-order valence-electron chi connectivity index (χ2n) is 7.72. The summed E-state index contributed by atoms with van der Waals surface area (Å²) in [5, 5.41) is 12.6. The van der Waals surface area contributed by atoms with Gasteiger partial charge >= 0.3 is 12.0 Å². The highest BCUT2D eigenvalue weighted by Gasteiger charge is 2.46. The Hall–Kier alpha value is -3.57. The van der Waals surface area contributed by atoms with Crippen LogP contribution in [0.3, 0.4) is 0 Å². The van der Waals surface area contributed by atoms with Crippen LogP contribution in [0.4, 0.5) is 0 Å². The van der Waals surface area contributed by atoms with Crippen LogP contribution in [0.5, 0.6) is 11.8 Å². The van der Waals surface area contributed by atoms with Crippen molar-refractivity contribution in [1.29, 1.82) is 5.26 Å². The van der Waals surface area contributed by atoms with Gasteiger partial charge in [0, 0.05) is 5.56 Å². The molecular weight excluding hydrogens is 398 g/mol. The van der Waals surface area contributed by atoms with E-state index in [0.29, 0.717) is 28.0 Å². The van der Waals surface area contributed by atoms with E-state index < -0.39 is 17.7 Å². The predicted molar refractivity (Wildman–Crippen MR) is 112 cm³/mol. The number of hydrogen-bond acceptors (Lipinski definition) is 8. The van der Waals surface area contributed by atoms with Crippen molar-refractivity contribution in [3.8, 4) is 17.9 Å². The van der Waals surface area contributed by atoms with Crippen molar-refractivity contribution < 1.29 is 23.4 Å². The maximum atomic E-state index is 12.0. The fraction of sp³-hybridized carbons (Fsp3) is 0.348. The maximum Gasteiger partial charge on any atom is 0.395 e. The first-order chi connectivity index (χ1) is 14.9. The van der Waals surface area contributed by atoms with Gasteiger partial charge in [-0.1, -0.05) is 12.1 Å². The second kappa shape index (κ2) is 8.28. The van der Waals surface area contributed by atoms with Gasteiger partial charge < -0.3 is 18.6 Å². The van der Waals surface area contributed by atoms with Crippen LogP contribution in [0.1, 0.15) is 37.9 Å². The standard InChI is InChI=1S/C23H23N3O5/c1-4-28-19(27)13-25-20-15-11-14(12-24)9-10-17(15)31-23(2,3)21(20)30-22-26-16-7-5-6-8-18(16)29-22/h5-11,20-21,25H,4,13H2,1-3H3/t20-,21+/m0/s1. The molecule has 1 aliphatic heterocycles. The van der Waals surface area contributed by atoms with Crippen LogP contribution in [-0.2, 0) is 9.53 Å². The molecule has 0 fully saturated rings. The molecule has 31 heavy (non-hydrogen) atoms. The number of rotatable bonds is 6. The summed E-state index contributed by atoms with van der Waals surface area (Å²) >= 11 is 0. The summed E-state index contributed by atoms with van der Waals surface area (Å²) in [6.07, 6.45) is -0.512. The number of fused-ring (bicyclic) bond motifs is 2. The first-order valence-electron chi connectivity index (χ1n) is 10.1. The van der Waals surface area contributed by atoms with Crippen molar-refractivity contribution in [2.45, 2.75) is 38.5 Å². The van der Waals surface area contributed by atoms with Gasteiger partial charge in [0.2, 0.25) is 0 Å². The average molecular weight is 421 g/mol. The molecule has 0 saturated heterocycles. The van der Waals surface area contributed by atoms with Crippen molar-refractivity contribution >= 4 is 17.1 Å². The summed E-state index contributed by atoms with van der Waals surface area (Å²) in [6.45, 7) is 5.79. The molecule has 1 aromatic heterocycles. The van der Waals surface area contributed by atoms with Crippen LogP contribution in [0.15, 0.2) is 46.9 Å². The molecule has 0 amide bonds. The lowest BCUT2D eigenvalue weighted by Crippen LogP contribution is -2.56. The van der Waals surface area contributed by atoms with Crippen molar-refractivity contribution in [2.75, 3.05) is 13.2 Å². The number of ether oxygens (including phenoxy) is 3. The van der Waals surface area contributed by atoms with Crippen LogP contribution >= 0.6 is 0 Å². The van der Waals surface area contributed by atoms with Crippen LogP contribution in [0.25, 0.3) is 11.1 Å². The number of hydrogen-bond donors (Lipinski definition) is 1. The fourth-order valence-corrected chi connectivity index (χ4v) is 3.70. The minimum Gasteiger partial charge on any atom is -0.484 e. The van der Waals surface area contributed by atoms with Gasteiger partial charge in [-0.25, -0.2) is 0 Å². The number of esters is 1. The maximum absolute atomic E-state index is 12.0. The Morgan fingerprint density at radius 2 is 2.10 bits per heavy atom. The van der Waals surface area contributed by atoms with E-state index in [1.54, 1.807) is 25.1 Å². The molecule has 0 aliphatic carbocycles. The Morgan fingerprint density at radius 1 is 1.29 bits per heavy atom. The lowest BCUT2D eigenvalue weighted by molar-refractivity contribution is -0.142. The highest BCUT2D eigenvalue weighted by molar-refractivity contribution is 5.72. The zero-order chi connectivity index (χ0) is 22.0. The monoisotopic (exact) mass is 421 g/mol.